The first kappa shape index (κ1) is 35.3. The number of morpholine rings is 2. The first-order chi connectivity index (χ1) is 23.4. The summed E-state index contributed by atoms with van der Waals surface area (Å²) in [6.07, 6.45) is 7.42. The Morgan fingerprint density at radius 2 is 0.896 bits per heavy atom. The standard InChI is InChI=1S/C35H56N10O3/c1-27(2)42-5-9-44(10-6-42)33(31-23-36-29(21-38-31)25-40-13-17-47-18-14-40)35(46)34(45-11-7-43(8-12-45)28(3)4)32-24-37-30(22-39-32)26-41-15-19-48-20-16-41/h21-24,27-28,33-34H,5-20,25-26H2,1-4H3. The van der Waals surface area contributed by atoms with Crippen molar-refractivity contribution in [2.75, 3.05) is 105 Å². The van der Waals surface area contributed by atoms with Crippen LogP contribution in [0.25, 0.3) is 0 Å². The molecule has 4 fully saturated rings. The fourth-order valence-electron chi connectivity index (χ4n) is 7.35. The van der Waals surface area contributed by atoms with Gasteiger partial charge in [-0.2, -0.15) is 0 Å². The average Bonchev–Trinajstić information content (AvgIpc) is 3.11. The van der Waals surface area contributed by atoms with Gasteiger partial charge in [0.1, 0.15) is 12.1 Å². The Hall–Kier alpha value is -2.49. The van der Waals surface area contributed by atoms with Gasteiger partial charge in [-0.3, -0.25) is 54.1 Å². The molecule has 2 aromatic rings. The van der Waals surface area contributed by atoms with E-state index in [9.17, 15) is 0 Å². The molecule has 0 radical (unpaired) electrons. The third-order valence-electron chi connectivity index (χ3n) is 10.4. The number of hydrogen-bond acceptors (Lipinski definition) is 13. The van der Waals surface area contributed by atoms with Crippen LogP contribution < -0.4 is 0 Å². The molecule has 0 aliphatic carbocycles. The predicted octanol–water partition coefficient (Wildman–Crippen LogP) is 1.33. The molecule has 4 aliphatic heterocycles. The van der Waals surface area contributed by atoms with Crippen LogP contribution in [0.4, 0.5) is 0 Å². The van der Waals surface area contributed by atoms with Crippen molar-refractivity contribution in [3.63, 3.8) is 0 Å². The summed E-state index contributed by atoms with van der Waals surface area (Å²) in [5.41, 5.74) is 3.26. The zero-order valence-corrected chi connectivity index (χ0v) is 29.5. The fourth-order valence-corrected chi connectivity index (χ4v) is 7.35. The third-order valence-corrected chi connectivity index (χ3v) is 10.4. The molecule has 2 unspecified atom stereocenters. The van der Waals surface area contributed by atoms with Gasteiger partial charge in [-0.25, -0.2) is 0 Å². The lowest BCUT2D eigenvalue weighted by Crippen LogP contribution is -2.55. The van der Waals surface area contributed by atoms with Crippen LogP contribution in [0.15, 0.2) is 24.8 Å². The number of Topliss-reactive ketones (excluding diaryl/α,β-unsaturated/α-hetero) is 1. The third kappa shape index (κ3) is 8.99. The molecular weight excluding hydrogens is 608 g/mol. The number of ether oxygens (including phenoxy) is 2. The van der Waals surface area contributed by atoms with Crippen molar-refractivity contribution in [3.8, 4) is 0 Å². The van der Waals surface area contributed by atoms with Crippen LogP contribution in [-0.2, 0) is 27.4 Å². The van der Waals surface area contributed by atoms with E-state index in [0.29, 0.717) is 23.5 Å². The summed E-state index contributed by atoms with van der Waals surface area (Å²) in [4.78, 5) is 49.1. The first-order valence-corrected chi connectivity index (χ1v) is 18.1. The number of carbonyl (C=O) groups excluding carboxylic acids is 1. The molecule has 13 heteroatoms. The van der Waals surface area contributed by atoms with E-state index in [1.807, 2.05) is 24.8 Å². The molecule has 0 spiro atoms. The summed E-state index contributed by atoms with van der Waals surface area (Å²) in [7, 11) is 0. The number of piperazine rings is 2. The van der Waals surface area contributed by atoms with E-state index < -0.39 is 12.1 Å². The number of ketones is 1. The molecule has 264 valence electrons. The highest BCUT2D eigenvalue weighted by Gasteiger charge is 2.41. The molecule has 2 atom stereocenters. The summed E-state index contributed by atoms with van der Waals surface area (Å²) in [5, 5.41) is 0. The van der Waals surface area contributed by atoms with Crippen molar-refractivity contribution in [2.45, 2.75) is 65.0 Å². The smallest absolute Gasteiger partial charge is 0.179 e. The lowest BCUT2D eigenvalue weighted by Gasteiger charge is -2.43. The second kappa shape index (κ2) is 16.9. The SMILES string of the molecule is CC(C)N1CCN(C(C(=O)C(c2cnc(CN3CCOCC3)cn2)N2CCN(C(C)C)CC2)c2cnc(CN3CCOCC3)cn2)CC1. The lowest BCUT2D eigenvalue weighted by atomic mass is 9.95. The highest BCUT2D eigenvalue weighted by Crippen LogP contribution is 2.32. The predicted molar refractivity (Wildman–Crippen MR) is 183 cm³/mol. The second-order valence-corrected chi connectivity index (χ2v) is 14.2. The van der Waals surface area contributed by atoms with Crippen LogP contribution in [0.5, 0.6) is 0 Å². The topological polar surface area (TPSA) is 107 Å². The highest BCUT2D eigenvalue weighted by molar-refractivity contribution is 5.90. The Morgan fingerprint density at radius 1 is 0.542 bits per heavy atom. The molecule has 0 N–H and O–H groups in total. The molecule has 13 nitrogen and oxygen atoms in total. The van der Waals surface area contributed by atoms with E-state index in [0.717, 1.165) is 129 Å². The van der Waals surface area contributed by atoms with E-state index in [1.54, 1.807) is 0 Å². The van der Waals surface area contributed by atoms with Gasteiger partial charge in [0.05, 0.1) is 74.0 Å². The molecule has 6 heterocycles. The molecule has 2 aromatic heterocycles. The van der Waals surface area contributed by atoms with Gasteiger partial charge >= 0.3 is 0 Å². The monoisotopic (exact) mass is 664 g/mol. The van der Waals surface area contributed by atoms with E-state index in [-0.39, 0.29) is 5.78 Å². The second-order valence-electron chi connectivity index (χ2n) is 14.2. The van der Waals surface area contributed by atoms with Crippen LogP contribution in [-0.4, -0.2) is 172 Å². The van der Waals surface area contributed by atoms with Gasteiger partial charge in [0.15, 0.2) is 5.78 Å². The summed E-state index contributed by atoms with van der Waals surface area (Å²) in [5.74, 6) is 0.108. The van der Waals surface area contributed by atoms with Crippen molar-refractivity contribution < 1.29 is 14.3 Å². The highest BCUT2D eigenvalue weighted by atomic mass is 16.5. The Balaban J connectivity index is 1.28. The fraction of sp³-hybridized carbons (Fsp3) is 0.743. The molecular formula is C35H56N10O3. The minimum atomic E-state index is -0.521. The number of carbonyl (C=O) groups is 1. The van der Waals surface area contributed by atoms with Gasteiger partial charge in [-0.05, 0) is 27.7 Å². The number of hydrogen-bond donors (Lipinski definition) is 0. The molecule has 48 heavy (non-hydrogen) atoms. The Kier molecular flexibility index (Phi) is 12.5. The number of rotatable bonds is 12. The summed E-state index contributed by atoms with van der Waals surface area (Å²) in [6.45, 7) is 23.8. The van der Waals surface area contributed by atoms with Crippen LogP contribution in [0, 0.1) is 0 Å². The zero-order valence-electron chi connectivity index (χ0n) is 29.5. The Bertz CT molecular complexity index is 1170. The number of nitrogens with zero attached hydrogens (tertiary/aromatic N) is 10. The molecule has 0 aromatic carbocycles. The first-order valence-electron chi connectivity index (χ1n) is 18.1. The largest absolute Gasteiger partial charge is 0.379 e. The van der Waals surface area contributed by atoms with Crippen LogP contribution in [0.2, 0.25) is 0 Å². The van der Waals surface area contributed by atoms with Gasteiger partial charge in [0.2, 0.25) is 0 Å². The number of aromatic nitrogens is 4. The van der Waals surface area contributed by atoms with Gasteiger partial charge in [0, 0.05) is 104 Å². The Morgan fingerprint density at radius 3 is 1.21 bits per heavy atom. The van der Waals surface area contributed by atoms with E-state index >= 15 is 4.79 Å². The minimum Gasteiger partial charge on any atom is -0.379 e. The van der Waals surface area contributed by atoms with Crippen LogP contribution in [0.1, 0.15) is 62.6 Å². The van der Waals surface area contributed by atoms with Crippen molar-refractivity contribution in [1.82, 2.24) is 49.3 Å². The molecule has 6 rings (SSSR count). The van der Waals surface area contributed by atoms with Crippen LogP contribution in [0.3, 0.4) is 0 Å². The zero-order chi connectivity index (χ0) is 33.5. The van der Waals surface area contributed by atoms with E-state index in [1.165, 1.54) is 0 Å². The quantitative estimate of drug-likeness (QED) is 0.326. The van der Waals surface area contributed by atoms with Gasteiger partial charge < -0.3 is 9.47 Å². The maximum Gasteiger partial charge on any atom is 0.179 e. The van der Waals surface area contributed by atoms with Crippen molar-refractivity contribution in [3.05, 3.63) is 47.6 Å². The normalized spacial score (nSPS) is 23.1. The Labute approximate surface area is 286 Å². The van der Waals surface area contributed by atoms with E-state index in [4.69, 9.17) is 29.4 Å². The molecule has 4 aliphatic rings. The average molecular weight is 665 g/mol. The molecule has 0 amide bonds. The maximum atomic E-state index is 15.2. The van der Waals surface area contributed by atoms with Gasteiger partial charge in [0.25, 0.3) is 0 Å². The van der Waals surface area contributed by atoms with Crippen LogP contribution >= 0.6 is 0 Å². The maximum absolute atomic E-state index is 15.2. The van der Waals surface area contributed by atoms with E-state index in [2.05, 4.69) is 57.1 Å². The van der Waals surface area contributed by atoms with Gasteiger partial charge in [-0.1, -0.05) is 0 Å². The van der Waals surface area contributed by atoms with Crippen molar-refractivity contribution in [1.29, 1.82) is 0 Å². The summed E-state index contributed by atoms with van der Waals surface area (Å²) in [6, 6.07) is -0.104. The van der Waals surface area contributed by atoms with Crippen molar-refractivity contribution >= 4 is 5.78 Å². The molecule has 0 saturated carbocycles. The van der Waals surface area contributed by atoms with Gasteiger partial charge in [-0.15, -0.1) is 0 Å². The summed E-state index contributed by atoms with van der Waals surface area (Å²) < 4.78 is 11.0. The molecule has 0 bridgehead atoms. The van der Waals surface area contributed by atoms with Crippen molar-refractivity contribution in [2.24, 2.45) is 0 Å². The summed E-state index contributed by atoms with van der Waals surface area (Å²) >= 11 is 0. The lowest BCUT2D eigenvalue weighted by molar-refractivity contribution is -0.132. The molecule has 4 saturated heterocycles. The minimum absolute atomic E-state index is 0.108.